The lowest BCUT2D eigenvalue weighted by Crippen LogP contribution is -2.15. The van der Waals surface area contributed by atoms with Crippen molar-refractivity contribution in [2.24, 2.45) is 9.98 Å². The lowest BCUT2D eigenvalue weighted by atomic mass is 10.1. The Kier molecular flexibility index (Phi) is 19.0. The first-order valence-electron chi connectivity index (χ1n) is 31.4. The first kappa shape index (κ1) is 63.8. The summed E-state index contributed by atoms with van der Waals surface area (Å²) in [5.74, 6) is 6.18. The van der Waals surface area contributed by atoms with Gasteiger partial charge in [0.2, 0.25) is 0 Å². The molecule has 0 fully saturated rings. The van der Waals surface area contributed by atoms with E-state index in [0.717, 1.165) is 170 Å². The normalized spacial score (nSPS) is 11.4. The van der Waals surface area contributed by atoms with Crippen molar-refractivity contribution >= 4 is 78.9 Å². The molecule has 10 aromatic rings. The van der Waals surface area contributed by atoms with Crippen LogP contribution in [0.4, 0.5) is 56.9 Å². The number of benzene rings is 12. The molecule has 2 aliphatic carbocycles. The van der Waals surface area contributed by atoms with Crippen LogP contribution in [0.2, 0.25) is 0 Å². The van der Waals surface area contributed by atoms with Crippen molar-refractivity contribution in [1.82, 2.24) is 19.1 Å². The number of ether oxygens (including phenoxy) is 8. The lowest BCUT2D eigenvalue weighted by molar-refractivity contribution is 0.414. The SMILES string of the molecule is COc1ccc(N=c2cc3n(-c4ccc(Nc5ccc(OC)cc5)cc4)c4cc(OC)ccc4nc-3cc2Nc2ccc(OC)cc2)cc1.COc1ccc(N=c2cc3n(-c4ccc(Nc5ccc(OC)cc5)cc4)c4cc(OC)ccc4nc-3cc2Nc2ccc(OC)cc2)cc1. The maximum absolute atomic E-state index is 5.64. The molecule has 2 heterocycles. The van der Waals surface area contributed by atoms with Crippen LogP contribution < -0.4 is 69.9 Å². The predicted octanol–water partition coefficient (Wildman–Crippen LogP) is 17.8. The second kappa shape index (κ2) is 29.1. The van der Waals surface area contributed by atoms with E-state index in [0.29, 0.717) is 0 Å². The fourth-order valence-electron chi connectivity index (χ4n) is 11.3. The summed E-state index contributed by atoms with van der Waals surface area (Å²) in [5, 5.41) is 15.5. The smallest absolute Gasteiger partial charge is 0.121 e. The fraction of sp³-hybridized carbons (Fsp3) is 0.100. The van der Waals surface area contributed by atoms with E-state index >= 15 is 0 Å². The number of anilines is 8. The van der Waals surface area contributed by atoms with Crippen LogP contribution in [0.3, 0.4) is 0 Å². The lowest BCUT2D eigenvalue weighted by Gasteiger charge is -2.21. The standard InChI is InChI=1S/2C40H35N5O4/c2*1-46-31-15-7-27(8-16-31)41-26-5-13-30(14-6-26)45-39-23-34(49-4)21-22-35(39)44-38-24-36(42-28-9-17-32(47-2)18-10-28)37(25-40(38)45)43-29-11-19-33(48-3)20-12-29/h2*5-25,41-42H,1-4H3. The van der Waals surface area contributed by atoms with Gasteiger partial charge >= 0.3 is 0 Å². The van der Waals surface area contributed by atoms with Crippen molar-refractivity contribution in [3.8, 4) is 80.1 Å². The summed E-state index contributed by atoms with van der Waals surface area (Å²) in [6.45, 7) is 0. The van der Waals surface area contributed by atoms with Crippen molar-refractivity contribution in [3.63, 3.8) is 0 Å². The van der Waals surface area contributed by atoms with E-state index in [1.807, 2.05) is 194 Å². The highest BCUT2D eigenvalue weighted by Crippen LogP contribution is 2.37. The second-order valence-corrected chi connectivity index (χ2v) is 22.4. The largest absolute Gasteiger partial charge is 0.497 e. The van der Waals surface area contributed by atoms with Gasteiger partial charge in [-0.1, -0.05) is 0 Å². The number of nitrogens with one attached hydrogen (secondary N) is 4. The summed E-state index contributed by atoms with van der Waals surface area (Å²) >= 11 is 0. The number of methoxy groups -OCH3 is 8. The predicted molar refractivity (Wildman–Crippen MR) is 390 cm³/mol. The van der Waals surface area contributed by atoms with Gasteiger partial charge in [-0.25, -0.2) is 20.0 Å². The Morgan fingerprint density at radius 1 is 0.265 bits per heavy atom. The number of nitrogens with zero attached hydrogens (tertiary/aromatic N) is 6. The molecule has 0 unspecified atom stereocenters. The molecule has 18 heteroatoms. The Bertz CT molecular complexity index is 4820. The zero-order chi connectivity index (χ0) is 67.5. The van der Waals surface area contributed by atoms with Crippen LogP contribution in [0.5, 0.6) is 46.0 Å². The number of aromatic nitrogens is 4. The van der Waals surface area contributed by atoms with Crippen LogP contribution in [0, 0.1) is 0 Å². The molecule has 2 aliphatic heterocycles. The van der Waals surface area contributed by atoms with E-state index in [-0.39, 0.29) is 0 Å². The molecule has 98 heavy (non-hydrogen) atoms. The molecule has 0 spiro atoms. The topological polar surface area (TPSA) is 182 Å². The van der Waals surface area contributed by atoms with Gasteiger partial charge in [0.1, 0.15) is 46.0 Å². The number of hydrogen-bond donors (Lipinski definition) is 4. The minimum absolute atomic E-state index is 0.737. The molecule has 0 aromatic heterocycles. The third-order valence-corrected chi connectivity index (χ3v) is 16.4. The molecule has 0 bridgehead atoms. The van der Waals surface area contributed by atoms with E-state index in [1.54, 1.807) is 56.9 Å². The van der Waals surface area contributed by atoms with Gasteiger partial charge in [-0.2, -0.15) is 0 Å². The summed E-state index contributed by atoms with van der Waals surface area (Å²) in [6.07, 6.45) is 0. The van der Waals surface area contributed by atoms with E-state index in [1.165, 1.54) is 0 Å². The summed E-state index contributed by atoms with van der Waals surface area (Å²) in [5.41, 5.74) is 17.5. The molecule has 14 rings (SSSR count). The van der Waals surface area contributed by atoms with Gasteiger partial charge in [0.05, 0.1) is 135 Å². The number of hydrogen-bond acceptors (Lipinski definition) is 16. The Hall–Kier alpha value is -13.0. The van der Waals surface area contributed by atoms with Crippen LogP contribution in [0.15, 0.2) is 265 Å². The molecule has 4 aliphatic rings. The molecule has 0 saturated heterocycles. The van der Waals surface area contributed by atoms with Crippen LogP contribution in [0.25, 0.3) is 56.2 Å². The maximum atomic E-state index is 5.64. The molecule has 0 saturated carbocycles. The van der Waals surface area contributed by atoms with E-state index < -0.39 is 0 Å². The van der Waals surface area contributed by atoms with Crippen molar-refractivity contribution in [2.75, 3.05) is 78.1 Å². The Morgan fingerprint density at radius 2 is 0.520 bits per heavy atom. The van der Waals surface area contributed by atoms with Crippen LogP contribution >= 0.6 is 0 Å². The zero-order valence-electron chi connectivity index (χ0n) is 55.2. The number of fused-ring (bicyclic) bond motifs is 4. The van der Waals surface area contributed by atoms with Crippen LogP contribution in [-0.2, 0) is 0 Å². The van der Waals surface area contributed by atoms with Gasteiger partial charge in [0.15, 0.2) is 0 Å². The molecule has 4 N–H and O–H groups in total. The van der Waals surface area contributed by atoms with E-state index in [4.69, 9.17) is 57.8 Å². The van der Waals surface area contributed by atoms with Gasteiger partial charge in [-0.05, 0) is 243 Å². The first-order chi connectivity index (χ1) is 48.1. The Morgan fingerprint density at radius 3 is 0.806 bits per heavy atom. The van der Waals surface area contributed by atoms with Crippen molar-refractivity contribution < 1.29 is 37.9 Å². The van der Waals surface area contributed by atoms with Crippen LogP contribution in [-0.4, -0.2) is 76.0 Å². The molecular weight excluding hydrogens is 1230 g/mol. The highest BCUT2D eigenvalue weighted by molar-refractivity contribution is 5.87. The second-order valence-electron chi connectivity index (χ2n) is 22.4. The quantitative estimate of drug-likeness (QED) is 0.0529. The molecule has 488 valence electrons. The zero-order valence-corrected chi connectivity index (χ0v) is 55.2. The summed E-state index contributed by atoms with van der Waals surface area (Å²) in [7, 11) is 13.3. The van der Waals surface area contributed by atoms with Crippen molar-refractivity contribution in [2.45, 2.75) is 0 Å². The van der Waals surface area contributed by atoms with Crippen molar-refractivity contribution in [3.05, 3.63) is 266 Å². The molecular formula is C80H70N10O8. The summed E-state index contributed by atoms with van der Waals surface area (Å²) in [6, 6.07) is 83.3. The van der Waals surface area contributed by atoms with Gasteiger partial charge < -0.3 is 68.3 Å². The molecule has 0 atom stereocenters. The number of rotatable bonds is 20. The minimum atomic E-state index is 0.737. The highest BCUT2D eigenvalue weighted by atomic mass is 16.5. The van der Waals surface area contributed by atoms with Gasteiger partial charge in [-0.15, -0.1) is 0 Å². The summed E-state index contributed by atoms with van der Waals surface area (Å²) in [4.78, 5) is 20.4. The Balaban J connectivity index is 0.000000176. The molecule has 10 aromatic carbocycles. The van der Waals surface area contributed by atoms with E-state index in [2.05, 4.69) is 91.1 Å². The molecule has 18 nitrogen and oxygen atoms in total. The monoisotopic (exact) mass is 1300 g/mol. The third-order valence-electron chi connectivity index (χ3n) is 16.4. The Labute approximate surface area is 567 Å². The fourth-order valence-corrected chi connectivity index (χ4v) is 11.3. The van der Waals surface area contributed by atoms with Crippen LogP contribution in [0.1, 0.15) is 0 Å². The minimum Gasteiger partial charge on any atom is -0.497 e. The van der Waals surface area contributed by atoms with Gasteiger partial charge in [0.25, 0.3) is 0 Å². The maximum Gasteiger partial charge on any atom is 0.121 e. The van der Waals surface area contributed by atoms with Gasteiger partial charge in [-0.3, -0.25) is 0 Å². The molecule has 0 radical (unpaired) electrons. The average molecular weight is 1300 g/mol. The van der Waals surface area contributed by atoms with E-state index in [9.17, 15) is 0 Å². The summed E-state index contributed by atoms with van der Waals surface area (Å²) < 4.78 is 47.8. The van der Waals surface area contributed by atoms with Crippen molar-refractivity contribution in [1.29, 1.82) is 0 Å². The van der Waals surface area contributed by atoms with Gasteiger partial charge in [0, 0.05) is 57.6 Å². The molecule has 0 amide bonds. The first-order valence-corrected chi connectivity index (χ1v) is 31.4. The highest BCUT2D eigenvalue weighted by Gasteiger charge is 2.21. The third kappa shape index (κ3) is 14.4. The average Bonchev–Trinajstić information content (AvgIpc) is 0.755.